The zero-order valence-corrected chi connectivity index (χ0v) is 50.8. The van der Waals surface area contributed by atoms with Crippen molar-refractivity contribution in [2.45, 2.75) is 270 Å². The molecule has 0 aliphatic carbocycles. The predicted octanol–water partition coefficient (Wildman–Crippen LogP) is 18.5. The Bertz CT molecular complexity index is 1620. The van der Waals surface area contributed by atoms with Gasteiger partial charge in [-0.25, -0.2) is 0 Å². The van der Waals surface area contributed by atoms with Crippen LogP contribution in [0.15, 0.2) is 97.2 Å². The van der Waals surface area contributed by atoms with E-state index in [2.05, 4.69) is 99.0 Å². The minimum atomic E-state index is -4.72. The van der Waals surface area contributed by atoms with Crippen LogP contribution in [0.25, 0.3) is 0 Å². The maximum Gasteiger partial charge on any atom is 0.306 e. The van der Waals surface area contributed by atoms with Crippen LogP contribution in [0, 0.1) is 0 Å². The molecule has 3 unspecified atom stereocenters. The van der Waals surface area contributed by atoms with Gasteiger partial charge in [-0.2, -0.15) is 0 Å². The topological polar surface area (TPSA) is 114 Å². The summed E-state index contributed by atoms with van der Waals surface area (Å²) in [4.78, 5) is 39.9. The van der Waals surface area contributed by atoms with Crippen LogP contribution in [0.1, 0.15) is 258 Å². The monoisotopic (exact) mass is 1080 g/mol. The third kappa shape index (κ3) is 55.7. The van der Waals surface area contributed by atoms with Crippen molar-refractivity contribution in [1.82, 2.24) is 5.32 Å². The van der Waals surface area contributed by atoms with E-state index in [1.54, 1.807) is 0 Å². The normalized spacial score (nSPS) is 14.4. The maximum absolute atomic E-state index is 13.5. The molecule has 0 aliphatic heterocycles. The van der Waals surface area contributed by atoms with Crippen molar-refractivity contribution >= 4 is 19.7 Å². The van der Waals surface area contributed by atoms with E-state index < -0.39 is 26.6 Å². The van der Waals surface area contributed by atoms with Crippen molar-refractivity contribution in [3.05, 3.63) is 97.2 Å². The number of rotatable bonds is 55. The second-order valence-corrected chi connectivity index (χ2v) is 23.2. The number of phosphoric acid groups is 1. The fraction of sp³-hybridized carbons (Fsp3) is 0.727. The van der Waals surface area contributed by atoms with Gasteiger partial charge in [0, 0.05) is 12.8 Å². The van der Waals surface area contributed by atoms with Gasteiger partial charge in [0.05, 0.1) is 33.8 Å². The van der Waals surface area contributed by atoms with Gasteiger partial charge in [-0.1, -0.05) is 247 Å². The van der Waals surface area contributed by atoms with E-state index in [1.165, 1.54) is 141 Å². The number of likely N-dealkylation sites (N-methyl/N-ethyl adjacent to an activating group) is 1. The number of amides is 1. The lowest BCUT2D eigenvalue weighted by Gasteiger charge is -2.30. The maximum atomic E-state index is 13.5. The molecule has 1 N–H and O–H groups in total. The summed E-state index contributed by atoms with van der Waals surface area (Å²) in [5, 5.41) is 2.97. The molecular weight excluding hydrogens is 964 g/mol. The van der Waals surface area contributed by atoms with Crippen LogP contribution in [0.3, 0.4) is 0 Å². The Labute approximate surface area is 468 Å². The first-order valence-electron chi connectivity index (χ1n) is 31.0. The van der Waals surface area contributed by atoms with Crippen molar-refractivity contribution in [2.24, 2.45) is 0 Å². The fourth-order valence-electron chi connectivity index (χ4n) is 8.48. The van der Waals surface area contributed by atoms with E-state index in [1.807, 2.05) is 45.4 Å². The molecule has 0 aromatic heterocycles. The van der Waals surface area contributed by atoms with Gasteiger partial charge in [0.1, 0.15) is 19.3 Å². The average Bonchev–Trinajstić information content (AvgIpc) is 3.38. The second-order valence-electron chi connectivity index (χ2n) is 21.8. The van der Waals surface area contributed by atoms with Gasteiger partial charge in [-0.15, -0.1) is 0 Å². The first kappa shape index (κ1) is 72.9. The lowest BCUT2D eigenvalue weighted by molar-refractivity contribution is -0.870. The smallest absolute Gasteiger partial charge is 0.306 e. The van der Waals surface area contributed by atoms with Gasteiger partial charge in [0.25, 0.3) is 7.82 Å². The Morgan fingerprint density at radius 2 is 0.855 bits per heavy atom. The number of carbonyl (C=O) groups excluding carboxylic acids is 2. The Balaban J connectivity index is 5.24. The Morgan fingerprint density at radius 3 is 1.32 bits per heavy atom. The number of carbonyl (C=O) groups is 2. The van der Waals surface area contributed by atoms with Crippen LogP contribution in [0.2, 0.25) is 0 Å². The number of nitrogens with zero attached hydrogens (tertiary/aromatic N) is 1. The van der Waals surface area contributed by atoms with Gasteiger partial charge in [-0.05, 0) is 96.0 Å². The third-order valence-corrected chi connectivity index (χ3v) is 14.2. The van der Waals surface area contributed by atoms with Gasteiger partial charge in [0.15, 0.2) is 0 Å². The summed E-state index contributed by atoms with van der Waals surface area (Å²) in [5.41, 5.74) is 0. The summed E-state index contributed by atoms with van der Waals surface area (Å²) in [5.74, 6) is -0.641. The molecule has 0 fully saturated rings. The largest absolute Gasteiger partial charge is 0.756 e. The van der Waals surface area contributed by atoms with Crippen molar-refractivity contribution in [3.8, 4) is 0 Å². The molecule has 0 aromatic carbocycles. The summed E-state index contributed by atoms with van der Waals surface area (Å²) in [6.07, 6.45) is 74.0. The van der Waals surface area contributed by atoms with Crippen molar-refractivity contribution in [1.29, 1.82) is 0 Å². The van der Waals surface area contributed by atoms with Crippen LogP contribution in [0.5, 0.6) is 0 Å². The van der Waals surface area contributed by atoms with Crippen LogP contribution in [-0.4, -0.2) is 69.4 Å². The van der Waals surface area contributed by atoms with Crippen LogP contribution in [-0.2, 0) is 27.9 Å². The fourth-order valence-corrected chi connectivity index (χ4v) is 9.20. The van der Waals surface area contributed by atoms with Crippen LogP contribution < -0.4 is 10.2 Å². The molecule has 0 rings (SSSR count). The number of unbranched alkanes of at least 4 members (excludes halogenated alkanes) is 25. The predicted molar refractivity (Wildman–Crippen MR) is 325 cm³/mol. The minimum Gasteiger partial charge on any atom is -0.756 e. The highest BCUT2D eigenvalue weighted by Crippen LogP contribution is 2.38. The third-order valence-electron chi connectivity index (χ3n) is 13.3. The minimum absolute atomic E-state index is 0.0393. The molecule has 0 bridgehead atoms. The van der Waals surface area contributed by atoms with E-state index in [4.69, 9.17) is 13.8 Å². The van der Waals surface area contributed by atoms with E-state index in [0.29, 0.717) is 17.4 Å². The first-order chi connectivity index (χ1) is 36.9. The number of hydrogen-bond acceptors (Lipinski definition) is 7. The lowest BCUT2D eigenvalue weighted by atomic mass is 10.0. The molecule has 438 valence electrons. The summed E-state index contributed by atoms with van der Waals surface area (Å²) < 4.78 is 30.2. The molecule has 76 heavy (non-hydrogen) atoms. The van der Waals surface area contributed by atoms with Gasteiger partial charge < -0.3 is 28.5 Å². The summed E-state index contributed by atoms with van der Waals surface area (Å²) >= 11 is 0. The Kier molecular flexibility index (Phi) is 53.0. The molecule has 0 radical (unpaired) electrons. The number of quaternary nitrogens is 1. The molecule has 3 atom stereocenters. The highest BCUT2D eigenvalue weighted by Gasteiger charge is 2.27. The van der Waals surface area contributed by atoms with Gasteiger partial charge in [-0.3, -0.25) is 14.2 Å². The molecule has 0 heterocycles. The van der Waals surface area contributed by atoms with Gasteiger partial charge in [0.2, 0.25) is 5.91 Å². The number of ether oxygens (including phenoxy) is 1. The molecule has 0 aromatic rings. The molecular formula is C66H117N2O7P. The number of hydrogen-bond donors (Lipinski definition) is 1. The molecule has 1 amide bonds. The number of allylic oxidation sites excluding steroid dienone is 15. The van der Waals surface area contributed by atoms with Crippen molar-refractivity contribution in [2.75, 3.05) is 40.9 Å². The molecule has 9 nitrogen and oxygen atoms in total. The number of esters is 1. The van der Waals surface area contributed by atoms with Gasteiger partial charge >= 0.3 is 5.97 Å². The quantitative estimate of drug-likeness (QED) is 0.0212. The summed E-state index contributed by atoms with van der Waals surface area (Å²) in [7, 11) is 1.13. The summed E-state index contributed by atoms with van der Waals surface area (Å²) in [6.45, 7) is 6.64. The highest BCUT2D eigenvalue weighted by molar-refractivity contribution is 7.45. The van der Waals surface area contributed by atoms with E-state index in [9.17, 15) is 19.0 Å². The highest BCUT2D eigenvalue weighted by atomic mass is 31.2. The molecule has 0 spiro atoms. The van der Waals surface area contributed by atoms with E-state index in [-0.39, 0.29) is 31.3 Å². The molecule has 10 heteroatoms. The van der Waals surface area contributed by atoms with E-state index >= 15 is 0 Å². The van der Waals surface area contributed by atoms with Crippen molar-refractivity contribution < 1.29 is 37.3 Å². The molecule has 0 saturated carbocycles. The average molecular weight is 1080 g/mol. The molecule has 0 saturated heterocycles. The standard InChI is InChI=1S/C66H117N2O7P/c1-7-10-13-16-19-22-25-27-29-31-32-33-34-35-36-37-39-41-44-47-50-53-56-59-66(70)75-64(57-54-51-48-45-42-24-21-18-15-12-9-3)63(62-74-76(71,72)73-61-60-68(4,5)6)67-65(69)58-55-52-49-46-43-40-38-30-28-26-23-20-17-14-11-8-2/h11,14,19-20,22-23,27-30,40,43,49,52,54,57,63-64H,7-10,12-13,15-18,21,24-26,31-39,41-42,44-48,50-51,53,55-56,58-62H2,1-6H3,(H-,67,69,71,72)/b14-11+,22-19-,23-20+,29-27-,30-28+,43-40+,52-49+,57-54-. The number of phosphoric ester groups is 1. The van der Waals surface area contributed by atoms with Crippen LogP contribution >= 0.6 is 7.82 Å². The number of nitrogens with one attached hydrogen (secondary N) is 1. The Morgan fingerprint density at radius 1 is 0.474 bits per heavy atom. The first-order valence-corrected chi connectivity index (χ1v) is 32.5. The SMILES string of the molecule is CC/C=C/C/C=C/C/C=C/C/C=C/C/C=C/CCC(=O)NC(COP(=O)([O-])OCC[N+](C)(C)C)C(/C=C\CCCCCCCCCCC)OC(=O)CCCCCCCCCCCCCCC/C=C\C/C=C\CCCCC. The molecule has 0 aliphatic rings. The zero-order valence-electron chi connectivity index (χ0n) is 49.9. The lowest BCUT2D eigenvalue weighted by Crippen LogP contribution is -2.47. The Hall–Kier alpha value is -3.07. The van der Waals surface area contributed by atoms with E-state index in [0.717, 1.165) is 77.0 Å². The van der Waals surface area contributed by atoms with Crippen LogP contribution in [0.4, 0.5) is 0 Å². The zero-order chi connectivity index (χ0) is 55.7. The summed E-state index contributed by atoms with van der Waals surface area (Å²) in [6, 6.07) is -0.932. The van der Waals surface area contributed by atoms with Crippen molar-refractivity contribution in [3.63, 3.8) is 0 Å². The second kappa shape index (κ2) is 55.3.